The molecule has 0 aromatic heterocycles. The summed E-state index contributed by atoms with van der Waals surface area (Å²) in [5.74, 6) is 0.341. The third-order valence-electron chi connectivity index (χ3n) is 2.89. The standard InChI is InChI=1S/C11H10N2O/c14-10-7-12-6-9-3-1-2-8-4-5-13(10)11(8)9/h1-5,7-8,11H,6H2. The van der Waals surface area contributed by atoms with E-state index in [0.29, 0.717) is 12.5 Å². The first-order valence-corrected chi connectivity index (χ1v) is 4.74. The summed E-state index contributed by atoms with van der Waals surface area (Å²) in [7, 11) is 0. The number of aliphatic imine (C=N–C) groups is 1. The summed E-state index contributed by atoms with van der Waals surface area (Å²) in [5.41, 5.74) is 1.23. The third-order valence-corrected chi connectivity index (χ3v) is 2.89. The van der Waals surface area contributed by atoms with Crippen LogP contribution in [0.4, 0.5) is 0 Å². The van der Waals surface area contributed by atoms with Gasteiger partial charge in [-0.15, -0.1) is 0 Å². The molecule has 3 nitrogen and oxygen atoms in total. The van der Waals surface area contributed by atoms with Gasteiger partial charge in [-0.05, 0) is 5.57 Å². The van der Waals surface area contributed by atoms with Crippen molar-refractivity contribution in [3.8, 4) is 0 Å². The fourth-order valence-corrected chi connectivity index (χ4v) is 2.23. The van der Waals surface area contributed by atoms with E-state index in [1.54, 1.807) is 4.90 Å². The predicted octanol–water partition coefficient (Wildman–Crippen LogP) is 0.908. The smallest absolute Gasteiger partial charge is 0.269 e. The van der Waals surface area contributed by atoms with Crippen molar-refractivity contribution in [3.05, 3.63) is 36.1 Å². The molecule has 0 saturated carbocycles. The Bertz CT molecular complexity index is 404. The van der Waals surface area contributed by atoms with Gasteiger partial charge in [-0.1, -0.05) is 24.3 Å². The summed E-state index contributed by atoms with van der Waals surface area (Å²) < 4.78 is 0. The number of hydrogen-bond acceptors (Lipinski definition) is 2. The number of carbonyl (C=O) groups excluding carboxylic acids is 1. The number of amides is 1. The molecule has 3 aliphatic rings. The number of nitrogens with zero attached hydrogens (tertiary/aromatic N) is 2. The Labute approximate surface area is 82.1 Å². The van der Waals surface area contributed by atoms with Crippen molar-refractivity contribution in [2.45, 2.75) is 6.04 Å². The molecule has 1 aliphatic carbocycles. The van der Waals surface area contributed by atoms with Gasteiger partial charge in [-0.2, -0.15) is 0 Å². The lowest BCUT2D eigenvalue weighted by Gasteiger charge is -2.27. The van der Waals surface area contributed by atoms with Crippen molar-refractivity contribution in [3.63, 3.8) is 0 Å². The first kappa shape index (κ1) is 7.74. The molecular weight excluding hydrogens is 176 g/mol. The molecule has 2 aliphatic heterocycles. The molecule has 70 valence electrons. The predicted molar refractivity (Wildman–Crippen MR) is 53.8 cm³/mol. The molecule has 2 unspecified atom stereocenters. The maximum Gasteiger partial charge on any atom is 0.269 e. The molecule has 14 heavy (non-hydrogen) atoms. The van der Waals surface area contributed by atoms with E-state index in [2.05, 4.69) is 29.3 Å². The number of carbonyl (C=O) groups is 1. The van der Waals surface area contributed by atoms with E-state index in [4.69, 9.17) is 0 Å². The molecule has 3 heteroatoms. The fourth-order valence-electron chi connectivity index (χ4n) is 2.23. The molecule has 0 N–H and O–H groups in total. The van der Waals surface area contributed by atoms with E-state index >= 15 is 0 Å². The highest BCUT2D eigenvalue weighted by Gasteiger charge is 2.35. The zero-order chi connectivity index (χ0) is 9.54. The second kappa shape index (κ2) is 2.67. The molecule has 0 fully saturated rings. The maximum atomic E-state index is 11.6. The largest absolute Gasteiger partial charge is 0.306 e. The minimum atomic E-state index is -0.00699. The van der Waals surface area contributed by atoms with Gasteiger partial charge in [-0.25, -0.2) is 0 Å². The van der Waals surface area contributed by atoms with E-state index in [9.17, 15) is 4.79 Å². The molecule has 0 aromatic rings. The summed E-state index contributed by atoms with van der Waals surface area (Å²) in [6.07, 6.45) is 11.6. The number of allylic oxidation sites excluding steroid dienone is 2. The highest BCUT2D eigenvalue weighted by atomic mass is 16.2. The summed E-state index contributed by atoms with van der Waals surface area (Å²) >= 11 is 0. The van der Waals surface area contributed by atoms with E-state index < -0.39 is 0 Å². The Morgan fingerprint density at radius 3 is 3.29 bits per heavy atom. The van der Waals surface area contributed by atoms with E-state index in [1.807, 2.05) is 6.20 Å². The number of rotatable bonds is 0. The molecule has 0 aromatic carbocycles. The molecule has 3 rings (SSSR count). The Kier molecular flexibility index (Phi) is 1.48. The van der Waals surface area contributed by atoms with Gasteiger partial charge in [-0.3, -0.25) is 9.79 Å². The van der Waals surface area contributed by atoms with Gasteiger partial charge in [0.25, 0.3) is 5.91 Å². The molecule has 0 radical (unpaired) electrons. The quantitative estimate of drug-likeness (QED) is 0.553. The minimum absolute atomic E-state index is 0.00699. The number of hydrogen-bond donors (Lipinski definition) is 0. The van der Waals surface area contributed by atoms with Crippen molar-refractivity contribution in [2.24, 2.45) is 10.9 Å². The topological polar surface area (TPSA) is 32.7 Å². The highest BCUT2D eigenvalue weighted by molar-refractivity contribution is 6.27. The maximum absolute atomic E-state index is 11.6. The van der Waals surface area contributed by atoms with Gasteiger partial charge < -0.3 is 4.90 Å². The zero-order valence-corrected chi connectivity index (χ0v) is 7.63. The van der Waals surface area contributed by atoms with Crippen LogP contribution in [0.5, 0.6) is 0 Å². The van der Waals surface area contributed by atoms with E-state index in [-0.39, 0.29) is 11.9 Å². The monoisotopic (exact) mass is 186 g/mol. The summed E-state index contributed by atoms with van der Waals surface area (Å²) in [4.78, 5) is 17.5. The van der Waals surface area contributed by atoms with Crippen LogP contribution >= 0.6 is 0 Å². The lowest BCUT2D eigenvalue weighted by molar-refractivity contribution is -0.122. The van der Waals surface area contributed by atoms with Crippen LogP contribution in [-0.2, 0) is 4.79 Å². The average molecular weight is 186 g/mol. The molecule has 0 saturated heterocycles. The third kappa shape index (κ3) is 0.923. The first-order chi connectivity index (χ1) is 6.86. The Morgan fingerprint density at radius 2 is 2.36 bits per heavy atom. The van der Waals surface area contributed by atoms with Crippen LogP contribution in [0.25, 0.3) is 0 Å². The second-order valence-electron chi connectivity index (χ2n) is 3.71. The van der Waals surface area contributed by atoms with Crippen LogP contribution in [0, 0.1) is 5.92 Å². The molecule has 2 atom stereocenters. The minimum Gasteiger partial charge on any atom is -0.306 e. The van der Waals surface area contributed by atoms with Crippen molar-refractivity contribution < 1.29 is 4.79 Å². The SMILES string of the molecule is O=C1C=NCC2=CC=CC3C=CN1C23. The Hall–Kier alpha value is -1.64. The van der Waals surface area contributed by atoms with Crippen LogP contribution in [0.3, 0.4) is 0 Å². The highest BCUT2D eigenvalue weighted by Crippen LogP contribution is 2.32. The van der Waals surface area contributed by atoms with Crippen molar-refractivity contribution in [2.75, 3.05) is 6.54 Å². The molecule has 0 bridgehead atoms. The Morgan fingerprint density at radius 1 is 1.43 bits per heavy atom. The summed E-state index contributed by atoms with van der Waals surface area (Å²) in [6, 6.07) is 0.190. The zero-order valence-electron chi connectivity index (χ0n) is 7.63. The van der Waals surface area contributed by atoms with Crippen LogP contribution in [-0.4, -0.2) is 29.6 Å². The summed E-state index contributed by atoms with van der Waals surface area (Å²) in [5, 5.41) is 0. The fraction of sp³-hybridized carbons (Fsp3) is 0.273. The van der Waals surface area contributed by atoms with Crippen LogP contribution in [0.15, 0.2) is 41.1 Å². The van der Waals surface area contributed by atoms with Crippen molar-refractivity contribution in [1.29, 1.82) is 0 Å². The van der Waals surface area contributed by atoms with Gasteiger partial charge in [0.2, 0.25) is 0 Å². The Balaban J connectivity index is 2.09. The average Bonchev–Trinajstić information content (AvgIpc) is 2.54. The first-order valence-electron chi connectivity index (χ1n) is 4.74. The lowest BCUT2D eigenvalue weighted by atomic mass is 9.90. The van der Waals surface area contributed by atoms with Gasteiger partial charge in [0.1, 0.15) is 0 Å². The van der Waals surface area contributed by atoms with E-state index in [0.717, 1.165) is 0 Å². The van der Waals surface area contributed by atoms with Gasteiger partial charge in [0.05, 0.1) is 18.8 Å². The molecule has 0 spiro atoms. The normalized spacial score (nSPS) is 33.0. The lowest BCUT2D eigenvalue weighted by Crippen LogP contribution is -2.38. The van der Waals surface area contributed by atoms with Crippen LogP contribution < -0.4 is 0 Å². The van der Waals surface area contributed by atoms with Crippen LogP contribution in [0.2, 0.25) is 0 Å². The molecular formula is C11H10N2O. The van der Waals surface area contributed by atoms with Crippen LogP contribution in [0.1, 0.15) is 0 Å². The summed E-state index contributed by atoms with van der Waals surface area (Å²) in [6.45, 7) is 0.648. The van der Waals surface area contributed by atoms with Crippen molar-refractivity contribution in [1.82, 2.24) is 4.90 Å². The van der Waals surface area contributed by atoms with Gasteiger partial charge >= 0.3 is 0 Å². The van der Waals surface area contributed by atoms with Crippen molar-refractivity contribution >= 4 is 12.1 Å². The second-order valence-corrected chi connectivity index (χ2v) is 3.71. The van der Waals surface area contributed by atoms with Gasteiger partial charge in [0, 0.05) is 12.1 Å². The van der Waals surface area contributed by atoms with E-state index in [1.165, 1.54) is 11.8 Å². The molecule has 2 heterocycles. The molecule has 1 amide bonds. The van der Waals surface area contributed by atoms with Gasteiger partial charge in [0.15, 0.2) is 0 Å².